The highest BCUT2D eigenvalue weighted by Gasteiger charge is 2.24. The number of nitrogens with zero attached hydrogens (tertiary/aromatic N) is 9. The van der Waals surface area contributed by atoms with Crippen LogP contribution in [0.25, 0.3) is 11.1 Å². The Morgan fingerprint density at radius 2 is 0.932 bits per heavy atom. The summed E-state index contributed by atoms with van der Waals surface area (Å²) in [5, 5.41) is 59.0. The number of anilines is 4. The van der Waals surface area contributed by atoms with Gasteiger partial charge < -0.3 is 81.3 Å². The highest BCUT2D eigenvalue weighted by atomic mass is 79.9. The van der Waals surface area contributed by atoms with E-state index in [1.807, 2.05) is 74.6 Å². The van der Waals surface area contributed by atoms with Crippen molar-refractivity contribution in [3.05, 3.63) is 206 Å². The van der Waals surface area contributed by atoms with Crippen molar-refractivity contribution < 1.29 is 58.4 Å². The lowest BCUT2D eigenvalue weighted by Gasteiger charge is -2.26. The Balaban J connectivity index is 0.000000221. The number of nitrogens with one attached hydrogen (secondary N) is 4. The molecule has 0 amide bonds. The lowest BCUT2D eigenvalue weighted by Crippen LogP contribution is -2.38. The molecule has 0 unspecified atom stereocenters. The summed E-state index contributed by atoms with van der Waals surface area (Å²) in [6.07, 6.45) is 23.0. The van der Waals surface area contributed by atoms with E-state index in [2.05, 4.69) is 126 Å². The molecule has 11 rings (SSSR count). The van der Waals surface area contributed by atoms with E-state index in [4.69, 9.17) is 50.1 Å². The van der Waals surface area contributed by atoms with Crippen LogP contribution in [0, 0.1) is 11.9 Å². The number of carboxylic acids is 3. The number of aliphatic carboxylic acids is 3. The Bertz CT molecular complexity index is 4120. The summed E-state index contributed by atoms with van der Waals surface area (Å²) in [6.45, 7) is 16.2. The molecule has 2 aromatic carbocycles. The highest BCUT2D eigenvalue weighted by molar-refractivity contribution is 9.10. The molecule has 117 heavy (non-hydrogen) atoms. The first-order valence-corrected chi connectivity index (χ1v) is 42.6. The summed E-state index contributed by atoms with van der Waals surface area (Å²) in [5.41, 5.74) is 16.5. The van der Waals surface area contributed by atoms with Crippen molar-refractivity contribution in [2.45, 2.75) is 173 Å². The number of nitrogens with two attached hydrogens (primary N) is 1. The van der Waals surface area contributed by atoms with E-state index in [-0.39, 0.29) is 18.3 Å². The van der Waals surface area contributed by atoms with Gasteiger partial charge in [-0.05, 0) is 271 Å². The molecule has 6 atom stereocenters. The van der Waals surface area contributed by atoms with Gasteiger partial charge in [-0.25, -0.2) is 29.7 Å². The first-order chi connectivity index (χ1) is 56.5. The Hall–Kier alpha value is -8.46. The molecule has 3 aliphatic heterocycles. The molecule has 29 heteroatoms. The second kappa shape index (κ2) is 53.9. The molecule has 634 valence electrons. The van der Waals surface area contributed by atoms with Crippen LogP contribution >= 0.6 is 31.9 Å². The molecule has 3 aliphatic rings. The molecule has 8 aromatic rings. The average molecular weight is 1740 g/mol. The molecule has 0 aliphatic carbocycles. The minimum Gasteiger partial charge on any atom is -0.481 e. The predicted molar refractivity (Wildman–Crippen MR) is 470 cm³/mol. The zero-order valence-corrected chi connectivity index (χ0v) is 72.0. The minimum absolute atomic E-state index is 0.0813. The largest absolute Gasteiger partial charge is 0.488 e. The van der Waals surface area contributed by atoms with Crippen LogP contribution in [0.4, 0.5) is 27.7 Å². The number of rotatable bonds is 42. The molecule has 25 nitrogen and oxygen atoms in total. The number of pyridine rings is 6. The van der Waals surface area contributed by atoms with Crippen molar-refractivity contribution in [3.63, 3.8) is 0 Å². The SMILES string of the molecule is CO[C@H](C)CN(CCCCc1ccc2c(n1)NCCC2)CC[C@H](Cc1ccc(-c2ccccc2)cn1)C(=O)O.CO[C@H](C)CN(CCCCc1ccc2c(n1)NCCC2)CC[C@H](N)C(=O)O.CO[C@H](C)CN(CCCCc1ccc2c(n1)NCCC2)CC[C@H](Nc1ccc(Br)cn1)C(=O)O.Fc1ccc(Br)cn1.OB(O)c1ccccc1. The monoisotopic (exact) mass is 1740 g/mol. The van der Waals surface area contributed by atoms with Crippen molar-refractivity contribution in [3.8, 4) is 11.1 Å². The van der Waals surface area contributed by atoms with Gasteiger partial charge in [-0.1, -0.05) is 84.9 Å². The van der Waals surface area contributed by atoms with Crippen molar-refractivity contribution in [1.29, 1.82) is 0 Å². The third-order valence-corrected chi connectivity index (χ3v) is 21.5. The third-order valence-electron chi connectivity index (χ3n) is 20.6. The van der Waals surface area contributed by atoms with Crippen LogP contribution in [-0.4, -0.2) is 225 Å². The second-order valence-electron chi connectivity index (χ2n) is 29.9. The van der Waals surface area contributed by atoms with Gasteiger partial charge in [0.05, 0.1) is 24.2 Å². The van der Waals surface area contributed by atoms with Gasteiger partial charge in [-0.2, -0.15) is 4.39 Å². The van der Waals surface area contributed by atoms with Crippen molar-refractivity contribution in [2.75, 3.05) is 121 Å². The molecule has 0 fully saturated rings. The lowest BCUT2D eigenvalue weighted by molar-refractivity contribution is -0.142. The second-order valence-corrected chi connectivity index (χ2v) is 31.7. The maximum Gasteiger partial charge on any atom is 0.488 e. The fourth-order valence-corrected chi connectivity index (χ4v) is 14.0. The Morgan fingerprint density at radius 1 is 0.496 bits per heavy atom. The first kappa shape index (κ1) is 95.7. The van der Waals surface area contributed by atoms with Crippen LogP contribution in [0.15, 0.2) is 161 Å². The fraction of sp³-hybridized carbons (Fsp3) is 0.489. The fourth-order valence-electron chi connectivity index (χ4n) is 13.5. The number of aromatic nitrogens is 6. The summed E-state index contributed by atoms with van der Waals surface area (Å²) in [4.78, 5) is 68.3. The van der Waals surface area contributed by atoms with E-state index >= 15 is 0 Å². The maximum atomic E-state index is 12.1. The standard InChI is InChI=1S/C32H42N4O3.C25H36BrN5O3.C20H34N4O3.C6H7BO2.C5H3BrFN/c1-24(39-2)23-36(19-7-6-12-29-15-13-26-11-8-18-33-31(26)35-29)20-17-27(32(37)38)21-30-16-14-28(22-34-30)25-9-4-3-5-10-25;1-18(34-2)17-31(15-12-22(25(32)33)30-23-11-9-20(26)16-28-23)14-4-3-7-21-10-8-19-6-5-13-27-24(19)29-21;1-15(27-2)14-24(13-10-18(21)20(25)26)12-4-3-7-17-9-8-16-6-5-11-22-19(16)23-17;8-7(9)6-4-2-1-3-5-6;6-4-1-2-5(7)8-3-4/h3-5,9-10,13-16,22,24,27H,6-8,11-12,17-21,23H2,1-2H3,(H,33,35)(H,37,38);8-11,16,18,22H,3-7,12-15,17H2,1-2H3,(H,27,29)(H,28,30)(H,32,33);8-9,15,18H,3-7,10-14,21H2,1-2H3,(H,22,23)(H,25,26);1-5,8-9H;1-3H/t24-,27-;18-,22+;15-,18+;;/m111../s1. The first-order valence-electron chi connectivity index (χ1n) is 41.0. The summed E-state index contributed by atoms with van der Waals surface area (Å²) in [5.74, 6) is 0.191. The van der Waals surface area contributed by atoms with E-state index in [0.717, 1.165) is 196 Å². The van der Waals surface area contributed by atoms with E-state index in [9.17, 15) is 29.0 Å². The number of benzene rings is 2. The number of unbranched alkanes of at least 4 members (excludes halogenated alkanes) is 3. The van der Waals surface area contributed by atoms with Crippen LogP contribution in [0.1, 0.15) is 137 Å². The molecule has 0 spiro atoms. The summed E-state index contributed by atoms with van der Waals surface area (Å²) < 4.78 is 29.9. The van der Waals surface area contributed by atoms with Crippen molar-refractivity contribution in [2.24, 2.45) is 11.7 Å². The Labute approximate surface area is 707 Å². The number of aryl methyl sites for hydroxylation is 6. The normalized spacial score (nSPS) is 14.1. The van der Waals surface area contributed by atoms with Crippen LogP contribution < -0.4 is 32.5 Å². The molecule has 0 saturated carbocycles. The highest BCUT2D eigenvalue weighted by Crippen LogP contribution is 2.26. The molecular weight excluding hydrogens is 1620 g/mol. The van der Waals surface area contributed by atoms with E-state index < -0.39 is 49.0 Å². The minimum atomic E-state index is -1.34. The smallest absolute Gasteiger partial charge is 0.481 e. The lowest BCUT2D eigenvalue weighted by atomic mass is 9.81. The van der Waals surface area contributed by atoms with Gasteiger partial charge in [-0.15, -0.1) is 0 Å². The predicted octanol–water partition coefficient (Wildman–Crippen LogP) is 13.0. The van der Waals surface area contributed by atoms with Gasteiger partial charge >= 0.3 is 25.0 Å². The molecule has 0 saturated heterocycles. The van der Waals surface area contributed by atoms with Gasteiger partial charge in [0.1, 0.15) is 35.4 Å². The molecule has 0 radical (unpaired) electrons. The molecular formula is C88H122BBr2FN14O11. The molecule has 11 N–H and O–H groups in total. The van der Waals surface area contributed by atoms with Gasteiger partial charge in [-0.3, -0.25) is 14.6 Å². The molecule has 0 bridgehead atoms. The number of methoxy groups -OCH3 is 3. The topological polar surface area (TPSA) is 341 Å². The van der Waals surface area contributed by atoms with Crippen LogP contribution in [0.3, 0.4) is 0 Å². The van der Waals surface area contributed by atoms with E-state index in [0.29, 0.717) is 56.6 Å². The van der Waals surface area contributed by atoms with Gasteiger partial charge in [0.25, 0.3) is 0 Å². The number of carboxylic acid groups (broad SMARTS) is 3. The Morgan fingerprint density at radius 3 is 1.31 bits per heavy atom. The number of ether oxygens (including phenoxy) is 3. The Kier molecular flexibility index (Phi) is 44.1. The summed E-state index contributed by atoms with van der Waals surface area (Å²) in [6, 6.07) is 40.8. The zero-order chi connectivity index (χ0) is 84.1. The van der Waals surface area contributed by atoms with Crippen LogP contribution in [0.5, 0.6) is 0 Å². The summed E-state index contributed by atoms with van der Waals surface area (Å²) in [7, 11) is 3.79. The number of halogens is 3. The van der Waals surface area contributed by atoms with Crippen LogP contribution in [0.2, 0.25) is 0 Å². The number of hydrogen-bond donors (Lipinski definition) is 10. The van der Waals surface area contributed by atoms with E-state index in [1.54, 1.807) is 63.9 Å². The van der Waals surface area contributed by atoms with Gasteiger partial charge in [0.15, 0.2) is 0 Å². The van der Waals surface area contributed by atoms with Crippen molar-refractivity contribution >= 4 is 85.6 Å². The van der Waals surface area contributed by atoms with Gasteiger partial charge in [0.2, 0.25) is 5.95 Å². The van der Waals surface area contributed by atoms with Gasteiger partial charge in [0, 0.05) is 136 Å². The quantitative estimate of drug-likeness (QED) is 0.00965. The molecule has 9 heterocycles. The summed E-state index contributed by atoms with van der Waals surface area (Å²) >= 11 is 6.47. The average Bonchev–Trinajstić information content (AvgIpc) is 0.868. The van der Waals surface area contributed by atoms with Crippen molar-refractivity contribution in [1.82, 2.24) is 44.6 Å². The zero-order valence-electron chi connectivity index (χ0n) is 68.8. The number of fused-ring (bicyclic) bond motifs is 3. The number of hydrogen-bond acceptors (Lipinski definition) is 22. The van der Waals surface area contributed by atoms with E-state index in [1.165, 1.54) is 48.2 Å². The third kappa shape index (κ3) is 37.2. The van der Waals surface area contributed by atoms with Crippen LogP contribution in [-0.2, 0) is 73.5 Å². The maximum absolute atomic E-state index is 12.1. The number of carbonyl (C=O) groups is 3. The molecule has 6 aromatic heterocycles.